The van der Waals surface area contributed by atoms with E-state index in [1.807, 2.05) is 6.07 Å². The summed E-state index contributed by atoms with van der Waals surface area (Å²) >= 11 is 0. The van der Waals surface area contributed by atoms with Gasteiger partial charge in [-0.1, -0.05) is 36.2 Å². The first-order valence-electron chi connectivity index (χ1n) is 7.15. The summed E-state index contributed by atoms with van der Waals surface area (Å²) in [6.07, 6.45) is 4.60. The lowest BCUT2D eigenvalue weighted by Crippen LogP contribution is -2.49. The number of hydrogen-bond acceptors (Lipinski definition) is 2. The molecule has 1 aromatic rings. The van der Waals surface area contributed by atoms with Crippen molar-refractivity contribution >= 4 is 5.91 Å². The summed E-state index contributed by atoms with van der Waals surface area (Å²) in [5, 5.41) is 11.8. The molecule has 1 aliphatic carbocycles. The molecule has 2 N–H and O–H groups in total. The van der Waals surface area contributed by atoms with E-state index in [1.165, 1.54) is 5.56 Å². The van der Waals surface area contributed by atoms with Crippen LogP contribution in [0.3, 0.4) is 0 Å². The highest BCUT2D eigenvalue weighted by Crippen LogP contribution is 2.44. The number of aliphatic hydroxyl groups is 1. The molecule has 104 valence electrons. The molecule has 0 heterocycles. The molecule has 3 nitrogen and oxygen atoms in total. The molecule has 1 aliphatic rings. The molecule has 0 bridgehead atoms. The number of carbonyl (C=O) groups excluding carboxylic acids is 1. The molecule has 19 heavy (non-hydrogen) atoms. The third-order valence-corrected chi connectivity index (χ3v) is 4.08. The Kier molecular flexibility index (Phi) is 4.59. The van der Waals surface area contributed by atoms with Crippen molar-refractivity contribution < 1.29 is 9.90 Å². The predicted molar refractivity (Wildman–Crippen MR) is 76.0 cm³/mol. The summed E-state index contributed by atoms with van der Waals surface area (Å²) in [5.41, 5.74) is 2.06. The van der Waals surface area contributed by atoms with E-state index < -0.39 is 0 Å². The van der Waals surface area contributed by atoms with Crippen LogP contribution in [0, 0.1) is 6.92 Å². The molecule has 0 spiro atoms. The van der Waals surface area contributed by atoms with Crippen molar-refractivity contribution in [3.8, 4) is 0 Å². The zero-order chi connectivity index (χ0) is 13.7. The Hall–Kier alpha value is -1.35. The average molecular weight is 261 g/mol. The van der Waals surface area contributed by atoms with Crippen molar-refractivity contribution in [1.82, 2.24) is 5.32 Å². The highest BCUT2D eigenvalue weighted by molar-refractivity contribution is 5.89. The second kappa shape index (κ2) is 6.20. The first-order valence-corrected chi connectivity index (χ1v) is 7.15. The van der Waals surface area contributed by atoms with E-state index in [4.69, 9.17) is 5.11 Å². The van der Waals surface area contributed by atoms with Crippen molar-refractivity contribution in [2.24, 2.45) is 0 Å². The Morgan fingerprint density at radius 3 is 2.74 bits per heavy atom. The number of unbranched alkanes of at least 4 members (excludes halogenated alkanes) is 1. The molecule has 1 saturated carbocycles. The summed E-state index contributed by atoms with van der Waals surface area (Å²) in [5.74, 6) is 0.155. The average Bonchev–Trinajstić information content (AvgIpc) is 2.33. The summed E-state index contributed by atoms with van der Waals surface area (Å²) in [7, 11) is 0. The zero-order valence-corrected chi connectivity index (χ0v) is 11.6. The number of nitrogens with one attached hydrogen (secondary N) is 1. The van der Waals surface area contributed by atoms with Crippen molar-refractivity contribution in [2.45, 2.75) is 44.4 Å². The van der Waals surface area contributed by atoms with E-state index in [-0.39, 0.29) is 17.9 Å². The summed E-state index contributed by atoms with van der Waals surface area (Å²) < 4.78 is 0. The molecular weight excluding hydrogens is 238 g/mol. The van der Waals surface area contributed by atoms with Gasteiger partial charge in [-0.2, -0.15) is 0 Å². The van der Waals surface area contributed by atoms with Crippen LogP contribution in [0.2, 0.25) is 0 Å². The zero-order valence-electron chi connectivity index (χ0n) is 11.6. The second-order valence-corrected chi connectivity index (χ2v) is 5.49. The Labute approximate surface area is 115 Å². The number of hydrogen-bond donors (Lipinski definition) is 2. The van der Waals surface area contributed by atoms with Crippen molar-refractivity contribution in [2.75, 3.05) is 13.2 Å². The minimum Gasteiger partial charge on any atom is -0.396 e. The molecule has 0 saturated heterocycles. The quantitative estimate of drug-likeness (QED) is 0.772. The highest BCUT2D eigenvalue weighted by Gasteiger charge is 2.45. The van der Waals surface area contributed by atoms with Gasteiger partial charge in [-0.25, -0.2) is 0 Å². The van der Waals surface area contributed by atoms with Crippen LogP contribution in [0.25, 0.3) is 0 Å². The largest absolute Gasteiger partial charge is 0.396 e. The van der Waals surface area contributed by atoms with E-state index in [1.54, 1.807) is 0 Å². The second-order valence-electron chi connectivity index (χ2n) is 5.49. The van der Waals surface area contributed by atoms with Crippen LogP contribution < -0.4 is 5.32 Å². The number of rotatable bonds is 6. The van der Waals surface area contributed by atoms with Crippen LogP contribution in [0.15, 0.2) is 24.3 Å². The van der Waals surface area contributed by atoms with Gasteiger partial charge in [0, 0.05) is 13.2 Å². The van der Waals surface area contributed by atoms with E-state index >= 15 is 0 Å². The number of aliphatic hydroxyl groups excluding tert-OH is 1. The lowest BCUT2D eigenvalue weighted by atomic mass is 9.63. The van der Waals surface area contributed by atoms with Gasteiger partial charge in [0.05, 0.1) is 5.41 Å². The van der Waals surface area contributed by atoms with Gasteiger partial charge in [-0.05, 0) is 38.2 Å². The van der Waals surface area contributed by atoms with Gasteiger partial charge >= 0.3 is 0 Å². The van der Waals surface area contributed by atoms with Gasteiger partial charge in [0.2, 0.25) is 5.91 Å². The smallest absolute Gasteiger partial charge is 0.230 e. The maximum atomic E-state index is 12.4. The number of aryl methyl sites for hydroxylation is 1. The van der Waals surface area contributed by atoms with Gasteiger partial charge in [0.15, 0.2) is 0 Å². The molecule has 0 unspecified atom stereocenters. The topological polar surface area (TPSA) is 49.3 Å². The normalized spacial score (nSPS) is 16.7. The van der Waals surface area contributed by atoms with Crippen molar-refractivity contribution in [3.05, 3.63) is 35.4 Å². The minimum absolute atomic E-state index is 0.155. The third kappa shape index (κ3) is 2.98. The van der Waals surface area contributed by atoms with Crippen LogP contribution in [0.4, 0.5) is 0 Å². The molecule has 0 aliphatic heterocycles. The Morgan fingerprint density at radius 1 is 1.37 bits per heavy atom. The minimum atomic E-state index is -0.300. The maximum absolute atomic E-state index is 12.4. The van der Waals surface area contributed by atoms with Crippen molar-refractivity contribution in [3.63, 3.8) is 0 Å². The molecule has 0 radical (unpaired) electrons. The monoisotopic (exact) mass is 261 g/mol. The van der Waals surface area contributed by atoms with E-state index in [0.29, 0.717) is 6.54 Å². The maximum Gasteiger partial charge on any atom is 0.230 e. The Morgan fingerprint density at radius 2 is 2.16 bits per heavy atom. The SMILES string of the molecule is Cc1cccc(C2(C(=O)NCCCCO)CCC2)c1. The van der Waals surface area contributed by atoms with Gasteiger partial charge < -0.3 is 10.4 Å². The molecular formula is C16H23NO2. The van der Waals surface area contributed by atoms with Crippen LogP contribution in [0.1, 0.15) is 43.2 Å². The van der Waals surface area contributed by atoms with Gasteiger partial charge in [0.1, 0.15) is 0 Å². The molecule has 0 atom stereocenters. The summed E-state index contributed by atoms with van der Waals surface area (Å²) in [6, 6.07) is 8.30. The number of carbonyl (C=O) groups is 1. The molecule has 1 fully saturated rings. The van der Waals surface area contributed by atoms with Gasteiger partial charge in [-0.3, -0.25) is 4.79 Å². The van der Waals surface area contributed by atoms with Crippen LogP contribution in [-0.2, 0) is 10.2 Å². The van der Waals surface area contributed by atoms with Crippen LogP contribution in [0.5, 0.6) is 0 Å². The molecule has 1 aromatic carbocycles. The van der Waals surface area contributed by atoms with E-state index in [2.05, 4.69) is 30.4 Å². The first kappa shape index (κ1) is 14.1. The number of amides is 1. The lowest BCUT2D eigenvalue weighted by Gasteiger charge is -2.41. The fraction of sp³-hybridized carbons (Fsp3) is 0.562. The standard InChI is InChI=1S/C16H23NO2/c1-13-6-4-7-14(12-13)16(8-5-9-16)15(19)17-10-2-3-11-18/h4,6-7,12,18H,2-3,5,8-11H2,1H3,(H,17,19). The van der Waals surface area contributed by atoms with Gasteiger partial charge in [0.25, 0.3) is 0 Å². The highest BCUT2D eigenvalue weighted by atomic mass is 16.2. The molecule has 1 amide bonds. The predicted octanol–water partition coefficient (Wildman–Crippen LogP) is 2.31. The fourth-order valence-corrected chi connectivity index (χ4v) is 2.73. The molecule has 2 rings (SSSR count). The number of benzene rings is 1. The Balaban J connectivity index is 2.03. The third-order valence-electron chi connectivity index (χ3n) is 4.08. The Bertz CT molecular complexity index is 438. The summed E-state index contributed by atoms with van der Waals surface area (Å²) in [6.45, 7) is 2.92. The molecule has 3 heteroatoms. The fourth-order valence-electron chi connectivity index (χ4n) is 2.73. The first-order chi connectivity index (χ1) is 9.19. The lowest BCUT2D eigenvalue weighted by molar-refractivity contribution is -0.129. The van der Waals surface area contributed by atoms with Crippen molar-refractivity contribution in [1.29, 1.82) is 0 Å². The van der Waals surface area contributed by atoms with Gasteiger partial charge in [-0.15, -0.1) is 0 Å². The van der Waals surface area contributed by atoms with Crippen LogP contribution in [-0.4, -0.2) is 24.2 Å². The van der Waals surface area contributed by atoms with E-state index in [9.17, 15) is 4.79 Å². The summed E-state index contributed by atoms with van der Waals surface area (Å²) in [4.78, 5) is 12.4. The van der Waals surface area contributed by atoms with Crippen LogP contribution >= 0.6 is 0 Å². The molecule has 0 aromatic heterocycles. The van der Waals surface area contributed by atoms with E-state index in [0.717, 1.165) is 37.7 Å².